The SMILES string of the molecule is CC[C@H](C)C[C@H](C)CCCCCCCCC(=O)C[C@H]1C[C@@H](O)[C@@H](NCCNC(=O)OCC2c3ccccc3-c3ccccc32)NC(=O)[C@@H]2[C@@H](O)CCN2C(=O)[C@H]([C@H](O)CCN)NC(=O)[C@H]([C@H](O)[C@@H](O)c2ccc(O)cc2)CC(=O)[C@@H]2C[C@@H](O)CN2C(=O)[C@H]([C@@H](C)O)NC1=O. The first-order valence-electron chi connectivity index (χ1n) is 33.6. The molecule has 3 aromatic carbocycles. The van der Waals surface area contributed by atoms with Crippen molar-refractivity contribution in [2.24, 2.45) is 29.4 Å². The number of alkyl carbamates (subject to hydrolysis) is 1. The molecule has 25 nitrogen and oxygen atoms in total. The zero-order valence-corrected chi connectivity index (χ0v) is 54.5. The second kappa shape index (κ2) is 35.7. The van der Waals surface area contributed by atoms with Gasteiger partial charge in [0.1, 0.15) is 48.5 Å². The van der Waals surface area contributed by atoms with Gasteiger partial charge in [-0.05, 0) is 97.4 Å². The number of aliphatic hydroxyl groups excluding tert-OH is 7. The number of hydrogen-bond acceptors (Lipinski definition) is 19. The summed E-state index contributed by atoms with van der Waals surface area (Å²) >= 11 is 0. The summed E-state index contributed by atoms with van der Waals surface area (Å²) in [6.07, 6.45) is -9.25. The van der Waals surface area contributed by atoms with E-state index in [1.807, 2.05) is 48.5 Å². The van der Waals surface area contributed by atoms with Crippen LogP contribution in [-0.4, -0.2) is 204 Å². The number of ether oxygens (including phenoxy) is 1. The molecule has 0 radical (unpaired) electrons. The van der Waals surface area contributed by atoms with Gasteiger partial charge in [-0.2, -0.15) is 0 Å². The van der Waals surface area contributed by atoms with Crippen LogP contribution in [0, 0.1) is 23.7 Å². The number of rotatable bonds is 27. The van der Waals surface area contributed by atoms with Crippen LogP contribution in [0.15, 0.2) is 72.8 Å². The van der Waals surface area contributed by atoms with Crippen molar-refractivity contribution in [1.29, 1.82) is 0 Å². The van der Waals surface area contributed by atoms with E-state index in [0.717, 1.165) is 77.0 Å². The summed E-state index contributed by atoms with van der Waals surface area (Å²) in [4.78, 5) is 118. The number of aliphatic hydroxyl groups is 7. The summed E-state index contributed by atoms with van der Waals surface area (Å²) in [5.41, 5.74) is 9.83. The number of amides is 6. The number of hydrogen-bond donors (Lipinski definition) is 14. The third-order valence-electron chi connectivity index (χ3n) is 19.1. The van der Waals surface area contributed by atoms with Crippen molar-refractivity contribution < 1.29 is 83.9 Å². The Bertz CT molecular complexity index is 2980. The average molecular weight is 1310 g/mol. The standard InChI is InChI=1S/C69H100N8O17/c1-5-39(2)32-40(3)16-10-8-6-7-9-11-17-45(80)33-43-34-57(85)63(71-29-30-72-69(93)94-38-52-49-20-14-12-18-47(49)48-19-13-15-21-50(48)52)75-66(90)60-55(83)27-31-76(60)68(92)59(54(82)26-28-70)74-65(89)51(62(87)61(86)42-22-24-44(79)25-23-42)36-56(84)53-35-46(81)37-77(53)67(91)58(41(4)78)73-64(43)88/h12-15,18-25,39-41,43,46,51-55,57-63,71,78-79,81-83,85-87H,5-11,16-17,26-38,70H2,1-4H3,(H,72,93)(H,73,88)(H,74,89)(H,75,90)/t39-,40+,41+,43-,46+,51-,53-,54+,55-,57+,58-,59-,60-,61-,62-,63-/m0/s1. The van der Waals surface area contributed by atoms with E-state index < -0.39 is 159 Å². The minimum Gasteiger partial charge on any atom is -0.508 e. The molecule has 7 rings (SSSR count). The molecule has 0 unspecified atom stereocenters. The molecule has 3 aliphatic heterocycles. The van der Waals surface area contributed by atoms with Crippen LogP contribution >= 0.6 is 0 Å². The fourth-order valence-electron chi connectivity index (χ4n) is 13.6. The molecule has 25 heteroatoms. The summed E-state index contributed by atoms with van der Waals surface area (Å²) < 4.78 is 5.72. The van der Waals surface area contributed by atoms with E-state index in [4.69, 9.17) is 10.5 Å². The Morgan fingerprint density at radius 1 is 0.713 bits per heavy atom. The Hall–Kier alpha value is -6.94. The number of carbonyl (C=O) groups is 8. The smallest absolute Gasteiger partial charge is 0.407 e. The maximum absolute atomic E-state index is 14.9. The Morgan fingerprint density at radius 2 is 1.34 bits per heavy atom. The first-order valence-corrected chi connectivity index (χ1v) is 33.6. The molecule has 3 saturated heterocycles. The summed E-state index contributed by atoms with van der Waals surface area (Å²) in [7, 11) is 0. The van der Waals surface area contributed by atoms with E-state index >= 15 is 0 Å². The van der Waals surface area contributed by atoms with Crippen LogP contribution in [0.3, 0.4) is 0 Å². The van der Waals surface area contributed by atoms with E-state index in [-0.39, 0.29) is 75.1 Å². The number of unbranched alkanes of at least 4 members (excludes halogenated alkanes) is 5. The van der Waals surface area contributed by atoms with Crippen molar-refractivity contribution in [2.45, 2.75) is 209 Å². The highest BCUT2D eigenvalue weighted by molar-refractivity contribution is 5.98. The fraction of sp³-hybridized carbons (Fsp3) is 0.623. The van der Waals surface area contributed by atoms with Gasteiger partial charge in [-0.25, -0.2) is 4.79 Å². The van der Waals surface area contributed by atoms with E-state index in [2.05, 4.69) is 47.4 Å². The van der Waals surface area contributed by atoms with Crippen LogP contribution in [-0.2, 0) is 38.3 Å². The molecule has 518 valence electrons. The molecule has 3 fully saturated rings. The lowest BCUT2D eigenvalue weighted by atomic mass is 9.86. The zero-order valence-electron chi connectivity index (χ0n) is 54.5. The molecule has 3 heterocycles. The lowest BCUT2D eigenvalue weighted by molar-refractivity contribution is -0.149. The Kier molecular flexibility index (Phi) is 28.3. The van der Waals surface area contributed by atoms with Gasteiger partial charge in [-0.15, -0.1) is 0 Å². The molecule has 16 atom stereocenters. The highest BCUT2D eigenvalue weighted by Crippen LogP contribution is 2.44. The van der Waals surface area contributed by atoms with E-state index in [0.29, 0.717) is 18.3 Å². The number of Topliss-reactive ketones (excluding diaryl/α,β-unsaturated/α-hetero) is 2. The molecule has 0 saturated carbocycles. The number of nitrogens with one attached hydrogen (secondary N) is 5. The quantitative estimate of drug-likeness (QED) is 0.0487. The van der Waals surface area contributed by atoms with Crippen molar-refractivity contribution in [2.75, 3.05) is 39.3 Å². The molecule has 6 amide bonds. The average Bonchev–Trinajstić information content (AvgIpc) is 1.61. The van der Waals surface area contributed by atoms with Gasteiger partial charge < -0.3 is 82.4 Å². The summed E-state index contributed by atoms with van der Waals surface area (Å²) in [6, 6.07) is 13.2. The molecule has 94 heavy (non-hydrogen) atoms. The van der Waals surface area contributed by atoms with Gasteiger partial charge >= 0.3 is 6.09 Å². The van der Waals surface area contributed by atoms with Gasteiger partial charge in [0.05, 0.1) is 48.6 Å². The van der Waals surface area contributed by atoms with Gasteiger partial charge in [0, 0.05) is 63.7 Å². The number of nitrogens with two attached hydrogens (primary N) is 1. The van der Waals surface area contributed by atoms with E-state index in [9.17, 15) is 79.2 Å². The predicted octanol–water partition coefficient (Wildman–Crippen LogP) is 2.45. The number of ketones is 2. The number of fused-ring (bicyclic) bond motifs is 5. The third-order valence-corrected chi connectivity index (χ3v) is 19.1. The molecule has 0 spiro atoms. The van der Waals surface area contributed by atoms with Crippen LogP contribution < -0.4 is 32.3 Å². The Labute approximate surface area is 550 Å². The van der Waals surface area contributed by atoms with Crippen molar-refractivity contribution in [3.63, 3.8) is 0 Å². The molecule has 3 aromatic rings. The minimum absolute atomic E-state index is 0.00933. The monoisotopic (exact) mass is 1310 g/mol. The van der Waals surface area contributed by atoms with E-state index in [1.165, 1.54) is 37.6 Å². The summed E-state index contributed by atoms with van der Waals surface area (Å²) in [6.45, 7) is 6.43. The number of benzene rings is 3. The topological polar surface area (TPSA) is 400 Å². The predicted molar refractivity (Wildman–Crippen MR) is 347 cm³/mol. The number of nitrogens with zero attached hydrogens (tertiary/aromatic N) is 2. The number of phenols is 1. The van der Waals surface area contributed by atoms with Crippen molar-refractivity contribution >= 4 is 47.2 Å². The maximum atomic E-state index is 14.9. The largest absolute Gasteiger partial charge is 0.508 e. The molecule has 15 N–H and O–H groups in total. The molecular weight excluding hydrogens is 1210 g/mol. The van der Waals surface area contributed by atoms with Gasteiger partial charge in [0.25, 0.3) is 0 Å². The van der Waals surface area contributed by atoms with Gasteiger partial charge in [-0.1, -0.05) is 126 Å². The number of carbonyl (C=O) groups excluding carboxylic acids is 8. The highest BCUT2D eigenvalue weighted by atomic mass is 16.5. The van der Waals surface area contributed by atoms with Crippen molar-refractivity contribution in [3.8, 4) is 16.9 Å². The molecule has 0 aromatic heterocycles. The lowest BCUT2D eigenvalue weighted by Crippen LogP contribution is -2.63. The molecular formula is C69H100N8O17. The minimum atomic E-state index is -2.20. The second-order valence-electron chi connectivity index (χ2n) is 26.3. The second-order valence-corrected chi connectivity index (χ2v) is 26.3. The first kappa shape index (κ1) is 74.5. The maximum Gasteiger partial charge on any atom is 0.407 e. The number of aromatic hydroxyl groups is 1. The van der Waals surface area contributed by atoms with Crippen LogP contribution in [0.25, 0.3) is 11.1 Å². The Balaban J connectivity index is 1.18. The van der Waals surface area contributed by atoms with Crippen LogP contribution in [0.2, 0.25) is 0 Å². The first-order chi connectivity index (χ1) is 44.9. The van der Waals surface area contributed by atoms with Crippen LogP contribution in [0.1, 0.15) is 159 Å². The van der Waals surface area contributed by atoms with Crippen molar-refractivity contribution in [1.82, 2.24) is 36.4 Å². The normalized spacial score (nSPS) is 26.1. The molecule has 0 bridgehead atoms. The fourth-order valence-corrected chi connectivity index (χ4v) is 13.6. The zero-order chi connectivity index (χ0) is 68.3. The van der Waals surface area contributed by atoms with Crippen LogP contribution in [0.4, 0.5) is 4.79 Å². The Morgan fingerprint density at radius 3 is 1.99 bits per heavy atom. The van der Waals surface area contributed by atoms with E-state index in [1.54, 1.807) is 0 Å². The van der Waals surface area contributed by atoms with Crippen LogP contribution in [0.5, 0.6) is 5.75 Å². The summed E-state index contributed by atoms with van der Waals surface area (Å²) in [5, 5.41) is 105. The number of phenolic OH excluding ortho intramolecular Hbond substituents is 1. The van der Waals surface area contributed by atoms with Gasteiger partial charge in [-0.3, -0.25) is 38.9 Å². The molecule has 4 aliphatic rings. The molecule has 1 aliphatic carbocycles. The van der Waals surface area contributed by atoms with Gasteiger partial charge in [0.15, 0.2) is 5.78 Å². The lowest BCUT2D eigenvalue weighted by Gasteiger charge is -2.34. The highest BCUT2D eigenvalue weighted by Gasteiger charge is 2.49. The van der Waals surface area contributed by atoms with Crippen molar-refractivity contribution in [3.05, 3.63) is 89.5 Å². The van der Waals surface area contributed by atoms with Gasteiger partial charge in [0.2, 0.25) is 29.5 Å². The third kappa shape index (κ3) is 19.8. The summed E-state index contributed by atoms with van der Waals surface area (Å²) in [5.74, 6) is -9.58.